The Labute approximate surface area is 172 Å². The minimum atomic E-state index is -1.36. The third kappa shape index (κ3) is 3.09. The molecule has 7 nitrogen and oxygen atoms in total. The van der Waals surface area contributed by atoms with Gasteiger partial charge in [-0.25, -0.2) is 0 Å². The fourth-order valence-corrected chi connectivity index (χ4v) is 4.97. The van der Waals surface area contributed by atoms with Crippen LogP contribution in [-0.2, 0) is 25.8 Å². The van der Waals surface area contributed by atoms with Crippen molar-refractivity contribution < 1.29 is 14.4 Å². The summed E-state index contributed by atoms with van der Waals surface area (Å²) in [5.41, 5.74) is 3.38. The molecule has 0 bridgehead atoms. The van der Waals surface area contributed by atoms with Gasteiger partial charge in [0, 0.05) is 19.4 Å². The summed E-state index contributed by atoms with van der Waals surface area (Å²) in [6.07, 6.45) is 0. The largest absolute Gasteiger partial charge is 0.304 e. The second kappa shape index (κ2) is 7.04. The maximum atomic E-state index is 13.8. The highest BCUT2D eigenvalue weighted by Gasteiger charge is 2.61. The molecule has 1 N–H and O–H groups in total. The van der Waals surface area contributed by atoms with Gasteiger partial charge < -0.3 is 10.2 Å². The Balaban J connectivity index is 1.83. The number of hydrazone groups is 1. The molecule has 8 heteroatoms. The average molecular weight is 408 g/mol. The summed E-state index contributed by atoms with van der Waals surface area (Å²) in [6, 6.07) is 15.4. The van der Waals surface area contributed by atoms with Gasteiger partial charge in [-0.05, 0) is 30.3 Å². The zero-order valence-electron chi connectivity index (χ0n) is 16.3. The van der Waals surface area contributed by atoms with Crippen LogP contribution in [0.1, 0.15) is 30.5 Å². The number of fused-ring (bicyclic) bond motifs is 2. The number of anilines is 1. The number of carbonyl (C=O) groups excluding carboxylic acids is 3. The molecule has 29 heavy (non-hydrogen) atoms. The molecule has 2 aliphatic rings. The van der Waals surface area contributed by atoms with E-state index in [1.165, 1.54) is 18.9 Å². The zero-order chi connectivity index (χ0) is 20.8. The lowest BCUT2D eigenvalue weighted by atomic mass is 10.0. The Bertz CT molecular complexity index is 1050. The van der Waals surface area contributed by atoms with Crippen LogP contribution in [-0.4, -0.2) is 27.9 Å². The Hall–Kier alpha value is -3.13. The minimum Gasteiger partial charge on any atom is -0.304 e. The van der Waals surface area contributed by atoms with E-state index < -0.39 is 4.87 Å². The molecular weight excluding hydrogens is 388 g/mol. The third-order valence-corrected chi connectivity index (χ3v) is 6.08. The molecule has 0 aromatic heterocycles. The van der Waals surface area contributed by atoms with Crippen molar-refractivity contribution in [3.63, 3.8) is 0 Å². The number of nitrogens with one attached hydrogen (secondary N) is 1. The van der Waals surface area contributed by atoms with Gasteiger partial charge in [-0.15, -0.1) is 5.10 Å². The quantitative estimate of drug-likeness (QED) is 0.828. The van der Waals surface area contributed by atoms with Crippen LogP contribution in [0.4, 0.5) is 5.69 Å². The van der Waals surface area contributed by atoms with Crippen molar-refractivity contribution in [3.8, 4) is 0 Å². The molecule has 2 aromatic rings. The van der Waals surface area contributed by atoms with Gasteiger partial charge in [0.1, 0.15) is 0 Å². The molecule has 0 aliphatic carbocycles. The van der Waals surface area contributed by atoms with E-state index in [4.69, 9.17) is 0 Å². The number of hydrogen-bond donors (Lipinski definition) is 1. The molecule has 1 unspecified atom stereocenters. The summed E-state index contributed by atoms with van der Waals surface area (Å²) in [6.45, 7) is 5.04. The van der Waals surface area contributed by atoms with Crippen LogP contribution < -0.4 is 10.2 Å². The minimum absolute atomic E-state index is 0.232. The van der Waals surface area contributed by atoms with Crippen molar-refractivity contribution in [2.75, 3.05) is 4.90 Å². The monoisotopic (exact) mass is 408 g/mol. The van der Waals surface area contributed by atoms with Crippen LogP contribution >= 0.6 is 11.8 Å². The molecule has 2 heterocycles. The SMILES string of the molecule is CC(=O)NC1=NN(C(C)=O)C2(S1)C(=O)N(Cc1ccccc1)c1ccc(C)cc12. The molecule has 1 atom stereocenters. The highest BCUT2D eigenvalue weighted by molar-refractivity contribution is 8.15. The Morgan fingerprint density at radius 2 is 1.86 bits per heavy atom. The molecule has 2 aromatic carbocycles. The predicted octanol–water partition coefficient (Wildman–Crippen LogP) is 2.70. The van der Waals surface area contributed by atoms with Gasteiger partial charge in [-0.3, -0.25) is 14.4 Å². The number of hydrogen-bond acceptors (Lipinski definition) is 5. The van der Waals surface area contributed by atoms with Crippen molar-refractivity contribution in [1.29, 1.82) is 0 Å². The summed E-state index contributed by atoms with van der Waals surface area (Å²) in [4.78, 5) is 38.1. The standard InChI is InChI=1S/C21H20N4O3S/c1-13-9-10-18-17(11-13)21(19(28)24(18)12-16-7-5-4-6-8-16)25(15(3)27)23-20(29-21)22-14(2)26/h4-11H,12H2,1-3H3,(H,22,23,26). The number of rotatable bonds is 2. The van der Waals surface area contributed by atoms with Crippen molar-refractivity contribution >= 4 is 40.3 Å². The Morgan fingerprint density at radius 3 is 2.52 bits per heavy atom. The number of nitrogens with zero attached hydrogens (tertiary/aromatic N) is 3. The van der Waals surface area contributed by atoms with Crippen LogP contribution in [0.15, 0.2) is 53.6 Å². The van der Waals surface area contributed by atoms with E-state index in [0.29, 0.717) is 12.1 Å². The molecule has 2 aliphatic heterocycles. The number of aryl methyl sites for hydroxylation is 1. The van der Waals surface area contributed by atoms with E-state index in [0.717, 1.165) is 28.6 Å². The second-order valence-electron chi connectivity index (χ2n) is 7.06. The third-order valence-electron chi connectivity index (χ3n) is 4.84. The summed E-state index contributed by atoms with van der Waals surface area (Å²) in [7, 11) is 0. The number of carbonyl (C=O) groups is 3. The summed E-state index contributed by atoms with van der Waals surface area (Å²) < 4.78 is 0. The van der Waals surface area contributed by atoms with Crippen molar-refractivity contribution in [2.45, 2.75) is 32.2 Å². The molecular formula is C21H20N4O3S. The lowest BCUT2D eigenvalue weighted by molar-refractivity contribution is -0.139. The van der Waals surface area contributed by atoms with Gasteiger partial charge in [0.2, 0.25) is 16.7 Å². The van der Waals surface area contributed by atoms with Gasteiger partial charge in [-0.2, -0.15) is 5.01 Å². The average Bonchev–Trinajstić information content (AvgIpc) is 3.15. The molecule has 0 fully saturated rings. The first-order valence-electron chi connectivity index (χ1n) is 9.16. The lowest BCUT2D eigenvalue weighted by Gasteiger charge is -2.29. The number of benzene rings is 2. The highest BCUT2D eigenvalue weighted by Crippen LogP contribution is 2.54. The highest BCUT2D eigenvalue weighted by atomic mass is 32.2. The smallest absolute Gasteiger partial charge is 0.271 e. The number of amides is 3. The van der Waals surface area contributed by atoms with Gasteiger partial charge >= 0.3 is 0 Å². The molecule has 0 saturated heterocycles. The summed E-state index contributed by atoms with van der Waals surface area (Å²) in [5, 5.41) is 8.31. The fourth-order valence-electron chi connectivity index (χ4n) is 3.65. The fraction of sp³-hybridized carbons (Fsp3) is 0.238. The van der Waals surface area contributed by atoms with Crippen LogP contribution in [0.2, 0.25) is 0 Å². The molecule has 4 rings (SSSR count). The topological polar surface area (TPSA) is 82.1 Å². The van der Waals surface area contributed by atoms with Crippen LogP contribution in [0.3, 0.4) is 0 Å². The molecule has 0 radical (unpaired) electrons. The van der Waals surface area contributed by atoms with E-state index in [1.54, 1.807) is 4.90 Å². The van der Waals surface area contributed by atoms with E-state index in [9.17, 15) is 14.4 Å². The van der Waals surface area contributed by atoms with Gasteiger partial charge in [0.15, 0.2) is 5.17 Å². The normalized spacial score (nSPS) is 20.1. The maximum absolute atomic E-state index is 13.8. The first-order chi connectivity index (χ1) is 13.8. The van der Waals surface area contributed by atoms with Crippen LogP contribution in [0.5, 0.6) is 0 Å². The van der Waals surface area contributed by atoms with Gasteiger partial charge in [-0.1, -0.05) is 48.0 Å². The zero-order valence-corrected chi connectivity index (χ0v) is 17.1. The number of thioether (sulfide) groups is 1. The summed E-state index contributed by atoms with van der Waals surface area (Å²) in [5.74, 6) is -0.945. The van der Waals surface area contributed by atoms with E-state index in [2.05, 4.69) is 10.4 Å². The van der Waals surface area contributed by atoms with Crippen molar-refractivity contribution in [3.05, 3.63) is 65.2 Å². The summed E-state index contributed by atoms with van der Waals surface area (Å²) >= 11 is 1.09. The lowest BCUT2D eigenvalue weighted by Crippen LogP contribution is -2.48. The Kier molecular flexibility index (Phi) is 4.66. The maximum Gasteiger partial charge on any atom is 0.271 e. The van der Waals surface area contributed by atoms with E-state index in [-0.39, 0.29) is 22.9 Å². The van der Waals surface area contributed by atoms with E-state index >= 15 is 0 Å². The van der Waals surface area contributed by atoms with Gasteiger partial charge in [0.05, 0.1) is 12.2 Å². The van der Waals surface area contributed by atoms with Crippen molar-refractivity contribution in [1.82, 2.24) is 10.3 Å². The molecule has 148 valence electrons. The van der Waals surface area contributed by atoms with Crippen LogP contribution in [0, 0.1) is 6.92 Å². The first kappa shape index (κ1) is 19.2. The Morgan fingerprint density at radius 1 is 1.14 bits per heavy atom. The van der Waals surface area contributed by atoms with E-state index in [1.807, 2.05) is 55.5 Å². The van der Waals surface area contributed by atoms with Crippen molar-refractivity contribution in [2.24, 2.45) is 5.10 Å². The number of amidine groups is 1. The molecule has 0 saturated carbocycles. The predicted molar refractivity (Wildman–Crippen MR) is 112 cm³/mol. The molecule has 1 spiro atoms. The molecule has 3 amide bonds. The van der Waals surface area contributed by atoms with Gasteiger partial charge in [0.25, 0.3) is 5.91 Å². The second-order valence-corrected chi connectivity index (χ2v) is 8.24. The first-order valence-corrected chi connectivity index (χ1v) is 9.97. The van der Waals surface area contributed by atoms with Crippen LogP contribution in [0.25, 0.3) is 0 Å².